The molecule has 1 aromatic heterocycles. The summed E-state index contributed by atoms with van der Waals surface area (Å²) in [5.74, 6) is 1.71. The van der Waals surface area contributed by atoms with E-state index in [0.717, 1.165) is 34.7 Å². The van der Waals surface area contributed by atoms with E-state index in [1.807, 2.05) is 62.4 Å². The highest BCUT2D eigenvalue weighted by Gasteiger charge is 2.22. The van der Waals surface area contributed by atoms with Gasteiger partial charge >= 0.3 is 5.97 Å². The van der Waals surface area contributed by atoms with Crippen LogP contribution in [0.2, 0.25) is 0 Å². The van der Waals surface area contributed by atoms with Crippen LogP contribution in [0.3, 0.4) is 0 Å². The fourth-order valence-corrected chi connectivity index (χ4v) is 4.43. The maximum atomic E-state index is 12.1. The number of aromatic nitrogens is 2. The summed E-state index contributed by atoms with van der Waals surface area (Å²) in [5, 5.41) is 0. The molecule has 0 aliphatic carbocycles. The maximum absolute atomic E-state index is 12.1. The number of ether oxygens (including phenoxy) is 2. The lowest BCUT2D eigenvalue weighted by molar-refractivity contribution is -0.675. The highest BCUT2D eigenvalue weighted by Crippen LogP contribution is 2.18. The van der Waals surface area contributed by atoms with E-state index in [4.69, 9.17) is 9.47 Å². The van der Waals surface area contributed by atoms with Gasteiger partial charge in [0.25, 0.3) is 5.82 Å². The third-order valence-electron chi connectivity index (χ3n) is 5.80. The van der Waals surface area contributed by atoms with Gasteiger partial charge in [0.1, 0.15) is 29.0 Å². The number of rotatable bonds is 8. The van der Waals surface area contributed by atoms with Crippen molar-refractivity contribution >= 4 is 27.1 Å². The average Bonchev–Trinajstić information content (AvgIpc) is 3.14. The molecule has 0 amide bonds. The number of esters is 1. The molecule has 196 valence electrons. The number of hydrogen-bond acceptors (Lipinski definition) is 6. The quantitative estimate of drug-likeness (QED) is 0.192. The first-order valence-corrected chi connectivity index (χ1v) is 13.5. The van der Waals surface area contributed by atoms with Crippen LogP contribution in [0.15, 0.2) is 77.7 Å². The molecule has 1 heterocycles. The van der Waals surface area contributed by atoms with E-state index < -0.39 is 10.1 Å². The predicted molar refractivity (Wildman–Crippen MR) is 140 cm³/mol. The fraction of sp³-hybridized carbons (Fsp3) is 0.286. The SMILES string of the molecule is CCOC(=O)c1ccc2c(c1)n(CCOc1ccccc1)c(C)[n+]2CC.Cc1ccc(S(=O)(=O)[O-])cc1. The Bertz CT molecular complexity index is 1450. The zero-order valence-corrected chi connectivity index (χ0v) is 22.3. The van der Waals surface area contributed by atoms with Crippen LogP contribution in [0.4, 0.5) is 0 Å². The van der Waals surface area contributed by atoms with Crippen molar-refractivity contribution < 1.29 is 31.8 Å². The summed E-state index contributed by atoms with van der Waals surface area (Å²) in [6.07, 6.45) is 0. The van der Waals surface area contributed by atoms with Crippen LogP contribution in [-0.2, 0) is 27.9 Å². The molecule has 4 aromatic rings. The molecule has 0 spiro atoms. The van der Waals surface area contributed by atoms with E-state index in [-0.39, 0.29) is 10.9 Å². The standard InChI is InChI=1S/C21H25N2O3.C7H8O3S/c1-4-22-16(3)23(13-14-26-18-9-7-6-8-10-18)20-15-17(11-12-19(20)22)21(24)25-5-2;1-6-2-4-7(5-3-6)11(8,9)10/h6-12,15H,4-5,13-14H2,1-3H3;2-5H,1H3,(H,8,9,10)/q+1;/p-1. The Labute approximate surface area is 217 Å². The van der Waals surface area contributed by atoms with Crippen molar-refractivity contribution in [2.45, 2.75) is 45.7 Å². The van der Waals surface area contributed by atoms with Gasteiger partial charge in [-0.3, -0.25) is 0 Å². The van der Waals surface area contributed by atoms with Gasteiger partial charge in [-0.1, -0.05) is 35.9 Å². The maximum Gasteiger partial charge on any atom is 0.338 e. The van der Waals surface area contributed by atoms with Crippen molar-refractivity contribution in [3.63, 3.8) is 0 Å². The summed E-state index contributed by atoms with van der Waals surface area (Å²) >= 11 is 0. The van der Waals surface area contributed by atoms with Gasteiger partial charge in [0.2, 0.25) is 0 Å². The number of imidazole rings is 1. The van der Waals surface area contributed by atoms with Gasteiger partial charge in [0, 0.05) is 13.0 Å². The van der Waals surface area contributed by atoms with Crippen molar-refractivity contribution in [1.82, 2.24) is 4.57 Å². The molecule has 0 saturated heterocycles. The molecule has 0 aliphatic heterocycles. The molecule has 0 fully saturated rings. The minimum absolute atomic E-state index is 0.178. The number of aryl methyl sites for hydroxylation is 2. The van der Waals surface area contributed by atoms with E-state index in [2.05, 4.69) is 23.0 Å². The lowest BCUT2D eigenvalue weighted by atomic mass is 10.2. The first-order chi connectivity index (χ1) is 17.7. The Balaban J connectivity index is 0.000000289. The number of nitrogens with zero attached hydrogens (tertiary/aromatic N) is 2. The molecular formula is C28H32N2O6S. The lowest BCUT2D eigenvalue weighted by Gasteiger charge is -2.05. The normalized spacial score (nSPS) is 11.1. The topological polar surface area (TPSA) is 102 Å². The molecule has 0 bridgehead atoms. The minimum Gasteiger partial charge on any atom is -0.744 e. The number of para-hydroxylation sites is 1. The van der Waals surface area contributed by atoms with E-state index in [1.54, 1.807) is 12.1 Å². The van der Waals surface area contributed by atoms with Crippen molar-refractivity contribution in [2.75, 3.05) is 13.2 Å². The Kier molecular flexibility index (Phi) is 9.43. The minimum atomic E-state index is -4.27. The van der Waals surface area contributed by atoms with Crippen LogP contribution < -0.4 is 9.30 Å². The Morgan fingerprint density at radius 2 is 1.65 bits per heavy atom. The Hall–Kier alpha value is -3.69. The van der Waals surface area contributed by atoms with E-state index >= 15 is 0 Å². The smallest absolute Gasteiger partial charge is 0.338 e. The third-order valence-corrected chi connectivity index (χ3v) is 6.65. The van der Waals surface area contributed by atoms with Gasteiger partial charge < -0.3 is 14.0 Å². The van der Waals surface area contributed by atoms with Gasteiger partial charge in [-0.05, 0) is 57.2 Å². The number of hydrogen-bond donors (Lipinski definition) is 0. The summed E-state index contributed by atoms with van der Waals surface area (Å²) in [5.41, 5.74) is 3.63. The zero-order valence-electron chi connectivity index (χ0n) is 21.5. The number of benzene rings is 3. The summed E-state index contributed by atoms with van der Waals surface area (Å²) in [6.45, 7) is 10.4. The van der Waals surface area contributed by atoms with E-state index in [9.17, 15) is 17.8 Å². The van der Waals surface area contributed by atoms with E-state index in [1.165, 1.54) is 12.1 Å². The zero-order chi connectivity index (χ0) is 27.0. The van der Waals surface area contributed by atoms with Crippen LogP contribution in [0.5, 0.6) is 5.75 Å². The van der Waals surface area contributed by atoms with Gasteiger partial charge in [0.05, 0.1) is 23.6 Å². The summed E-state index contributed by atoms with van der Waals surface area (Å²) < 4.78 is 46.6. The lowest BCUT2D eigenvalue weighted by Crippen LogP contribution is -2.35. The number of fused-ring (bicyclic) bond motifs is 1. The molecule has 3 aromatic carbocycles. The van der Waals surface area contributed by atoms with Gasteiger partial charge in [0.15, 0.2) is 11.0 Å². The molecule has 4 rings (SSSR count). The van der Waals surface area contributed by atoms with Crippen LogP contribution in [0.1, 0.15) is 35.6 Å². The molecule has 0 radical (unpaired) electrons. The first-order valence-electron chi connectivity index (χ1n) is 12.1. The third kappa shape index (κ3) is 7.18. The molecule has 8 nitrogen and oxygen atoms in total. The van der Waals surface area contributed by atoms with Crippen LogP contribution in [-0.4, -0.2) is 36.7 Å². The highest BCUT2D eigenvalue weighted by molar-refractivity contribution is 7.85. The van der Waals surface area contributed by atoms with Crippen molar-refractivity contribution in [3.8, 4) is 5.75 Å². The van der Waals surface area contributed by atoms with Crippen molar-refractivity contribution in [3.05, 3.63) is 89.7 Å². The van der Waals surface area contributed by atoms with Crippen molar-refractivity contribution in [2.24, 2.45) is 0 Å². The number of carbonyl (C=O) groups excluding carboxylic acids is 1. The largest absolute Gasteiger partial charge is 0.744 e. The second-order valence-electron chi connectivity index (χ2n) is 8.30. The summed E-state index contributed by atoms with van der Waals surface area (Å²) in [7, 11) is -4.27. The van der Waals surface area contributed by atoms with Gasteiger partial charge in [-0.2, -0.15) is 0 Å². The van der Waals surface area contributed by atoms with Crippen LogP contribution in [0.25, 0.3) is 11.0 Å². The van der Waals surface area contributed by atoms with Crippen LogP contribution in [0, 0.1) is 13.8 Å². The average molecular weight is 525 g/mol. The summed E-state index contributed by atoms with van der Waals surface area (Å²) in [4.78, 5) is 11.9. The molecular weight excluding hydrogens is 492 g/mol. The highest BCUT2D eigenvalue weighted by atomic mass is 32.2. The van der Waals surface area contributed by atoms with Crippen molar-refractivity contribution in [1.29, 1.82) is 0 Å². The fourth-order valence-electron chi connectivity index (χ4n) is 3.96. The van der Waals surface area contributed by atoms with Gasteiger partial charge in [-0.15, -0.1) is 0 Å². The molecule has 0 unspecified atom stereocenters. The molecule has 0 aliphatic rings. The second kappa shape index (κ2) is 12.5. The molecule has 0 saturated carbocycles. The molecule has 0 N–H and O–H groups in total. The summed E-state index contributed by atoms with van der Waals surface area (Å²) in [6, 6.07) is 21.3. The molecule has 9 heteroatoms. The molecule has 0 atom stereocenters. The second-order valence-corrected chi connectivity index (χ2v) is 9.68. The number of carbonyl (C=O) groups is 1. The Morgan fingerprint density at radius 1 is 0.973 bits per heavy atom. The van der Waals surface area contributed by atoms with E-state index in [0.29, 0.717) is 25.3 Å². The Morgan fingerprint density at radius 3 is 2.24 bits per heavy atom. The van der Waals surface area contributed by atoms with Gasteiger partial charge in [-0.25, -0.2) is 22.3 Å². The predicted octanol–water partition coefficient (Wildman–Crippen LogP) is 4.41. The first kappa shape index (κ1) is 27.9. The monoisotopic (exact) mass is 524 g/mol. The van der Waals surface area contributed by atoms with Crippen LogP contribution >= 0.6 is 0 Å². The molecule has 37 heavy (non-hydrogen) atoms.